The molecule has 0 aliphatic carbocycles. The van der Waals surface area contributed by atoms with Gasteiger partial charge in [-0.3, -0.25) is 0 Å². The second-order valence-corrected chi connectivity index (χ2v) is 11.7. The molecule has 1 heterocycles. The van der Waals surface area contributed by atoms with E-state index in [1.54, 1.807) is 31.2 Å². The standard InChI is InChI=1S/C22H30N2O4S2/c1-4-5-6-20-8-10-21(11-9-20)29(25,26)23-13-15-24(16-14-23)30(27,28)22-12-7-18(2)17-19(22)3/h7-12,17H,4-6,13-16H2,1-3H3. The molecule has 164 valence electrons. The fraction of sp³-hybridized carbons (Fsp3) is 0.455. The normalized spacial score (nSPS) is 16.6. The van der Waals surface area contributed by atoms with Crippen molar-refractivity contribution < 1.29 is 16.8 Å². The molecule has 1 aliphatic rings. The van der Waals surface area contributed by atoms with Crippen molar-refractivity contribution in [2.24, 2.45) is 0 Å². The lowest BCUT2D eigenvalue weighted by Crippen LogP contribution is -2.50. The van der Waals surface area contributed by atoms with Crippen LogP contribution in [0.1, 0.15) is 36.5 Å². The molecule has 30 heavy (non-hydrogen) atoms. The van der Waals surface area contributed by atoms with Crippen molar-refractivity contribution in [1.82, 2.24) is 8.61 Å². The minimum absolute atomic E-state index is 0.142. The minimum atomic E-state index is -3.65. The molecule has 1 saturated heterocycles. The van der Waals surface area contributed by atoms with E-state index in [1.807, 2.05) is 25.1 Å². The number of aryl methyl sites for hydroxylation is 3. The molecule has 2 aromatic rings. The molecular weight excluding hydrogens is 420 g/mol. The Balaban J connectivity index is 1.71. The van der Waals surface area contributed by atoms with Gasteiger partial charge >= 0.3 is 0 Å². The first-order chi connectivity index (χ1) is 14.2. The summed E-state index contributed by atoms with van der Waals surface area (Å²) in [6.45, 7) is 6.40. The van der Waals surface area contributed by atoms with E-state index < -0.39 is 20.0 Å². The number of sulfonamides is 2. The van der Waals surface area contributed by atoms with E-state index in [0.717, 1.165) is 30.4 Å². The molecule has 0 N–H and O–H groups in total. The van der Waals surface area contributed by atoms with Crippen LogP contribution in [0.4, 0.5) is 0 Å². The van der Waals surface area contributed by atoms with Crippen LogP contribution in [0.3, 0.4) is 0 Å². The lowest BCUT2D eigenvalue weighted by atomic mass is 10.1. The topological polar surface area (TPSA) is 74.8 Å². The molecule has 1 aliphatic heterocycles. The third kappa shape index (κ3) is 4.77. The summed E-state index contributed by atoms with van der Waals surface area (Å²) in [5.74, 6) is 0. The maximum atomic E-state index is 13.0. The molecule has 0 spiro atoms. The Morgan fingerprint density at radius 2 is 1.37 bits per heavy atom. The summed E-state index contributed by atoms with van der Waals surface area (Å²) in [4.78, 5) is 0.542. The summed E-state index contributed by atoms with van der Waals surface area (Å²) in [5.41, 5.74) is 2.83. The highest BCUT2D eigenvalue weighted by molar-refractivity contribution is 7.89. The van der Waals surface area contributed by atoms with Gasteiger partial charge in [-0.25, -0.2) is 16.8 Å². The largest absolute Gasteiger partial charge is 0.243 e. The van der Waals surface area contributed by atoms with E-state index >= 15 is 0 Å². The molecule has 0 unspecified atom stereocenters. The van der Waals surface area contributed by atoms with Gasteiger partial charge in [-0.2, -0.15) is 8.61 Å². The van der Waals surface area contributed by atoms with Gasteiger partial charge in [0.15, 0.2) is 0 Å². The fourth-order valence-electron chi connectivity index (χ4n) is 3.74. The van der Waals surface area contributed by atoms with Gasteiger partial charge in [0.05, 0.1) is 9.79 Å². The molecule has 2 aromatic carbocycles. The predicted molar refractivity (Wildman–Crippen MR) is 118 cm³/mol. The highest BCUT2D eigenvalue weighted by atomic mass is 32.2. The van der Waals surface area contributed by atoms with E-state index in [1.165, 1.54) is 8.61 Å². The van der Waals surface area contributed by atoms with E-state index in [9.17, 15) is 16.8 Å². The molecule has 3 rings (SSSR count). The Morgan fingerprint density at radius 3 is 1.90 bits per heavy atom. The lowest BCUT2D eigenvalue weighted by Gasteiger charge is -2.33. The predicted octanol–water partition coefficient (Wildman–Crippen LogP) is 3.34. The number of hydrogen-bond acceptors (Lipinski definition) is 4. The summed E-state index contributed by atoms with van der Waals surface area (Å²) in [6, 6.07) is 12.3. The molecule has 0 radical (unpaired) electrons. The van der Waals surface area contributed by atoms with Crippen LogP contribution < -0.4 is 0 Å². The number of unbranched alkanes of at least 4 members (excludes halogenated alkanes) is 1. The quantitative estimate of drug-likeness (QED) is 0.648. The van der Waals surface area contributed by atoms with Crippen molar-refractivity contribution in [2.75, 3.05) is 26.2 Å². The summed E-state index contributed by atoms with van der Waals surface area (Å²) < 4.78 is 54.8. The average molecular weight is 451 g/mol. The molecule has 1 fully saturated rings. The van der Waals surface area contributed by atoms with E-state index in [-0.39, 0.29) is 36.0 Å². The first-order valence-electron chi connectivity index (χ1n) is 10.3. The fourth-order valence-corrected chi connectivity index (χ4v) is 6.79. The van der Waals surface area contributed by atoms with Gasteiger partial charge < -0.3 is 0 Å². The van der Waals surface area contributed by atoms with Crippen LogP contribution in [-0.4, -0.2) is 51.6 Å². The molecule has 0 saturated carbocycles. The highest BCUT2D eigenvalue weighted by Crippen LogP contribution is 2.24. The Morgan fingerprint density at radius 1 is 0.800 bits per heavy atom. The number of hydrogen-bond donors (Lipinski definition) is 0. The monoisotopic (exact) mass is 450 g/mol. The Hall–Kier alpha value is -1.74. The van der Waals surface area contributed by atoms with Crippen LogP contribution in [0.25, 0.3) is 0 Å². The second-order valence-electron chi connectivity index (χ2n) is 7.82. The van der Waals surface area contributed by atoms with Crippen LogP contribution in [0.15, 0.2) is 52.3 Å². The van der Waals surface area contributed by atoms with Gasteiger partial charge in [0.2, 0.25) is 20.0 Å². The average Bonchev–Trinajstić information content (AvgIpc) is 2.72. The number of rotatable bonds is 7. The van der Waals surface area contributed by atoms with Crippen molar-refractivity contribution in [1.29, 1.82) is 0 Å². The molecule has 0 atom stereocenters. The van der Waals surface area contributed by atoms with Crippen LogP contribution in [0.5, 0.6) is 0 Å². The van der Waals surface area contributed by atoms with Gasteiger partial charge in [0, 0.05) is 26.2 Å². The Labute approximate surface area is 180 Å². The summed E-state index contributed by atoms with van der Waals surface area (Å²) in [5, 5.41) is 0. The number of benzene rings is 2. The summed E-state index contributed by atoms with van der Waals surface area (Å²) in [7, 11) is -7.28. The van der Waals surface area contributed by atoms with Crippen LogP contribution in [0, 0.1) is 13.8 Å². The molecule has 0 amide bonds. The first-order valence-corrected chi connectivity index (χ1v) is 13.2. The first kappa shape index (κ1) is 22.9. The Kier molecular flexibility index (Phi) is 7.02. The van der Waals surface area contributed by atoms with Crippen LogP contribution >= 0.6 is 0 Å². The zero-order valence-electron chi connectivity index (χ0n) is 17.8. The molecule has 0 bridgehead atoms. The highest BCUT2D eigenvalue weighted by Gasteiger charge is 2.34. The zero-order valence-corrected chi connectivity index (χ0v) is 19.5. The number of piperazine rings is 1. The minimum Gasteiger partial charge on any atom is -0.207 e. The molecular formula is C22H30N2O4S2. The molecule has 6 nitrogen and oxygen atoms in total. The molecule has 0 aromatic heterocycles. The van der Waals surface area contributed by atoms with Crippen LogP contribution in [0.2, 0.25) is 0 Å². The van der Waals surface area contributed by atoms with Gasteiger partial charge in [-0.05, 0) is 56.0 Å². The maximum Gasteiger partial charge on any atom is 0.243 e. The van der Waals surface area contributed by atoms with Crippen LogP contribution in [-0.2, 0) is 26.5 Å². The van der Waals surface area contributed by atoms with Gasteiger partial charge in [0.1, 0.15) is 0 Å². The van der Waals surface area contributed by atoms with Crippen molar-refractivity contribution in [3.63, 3.8) is 0 Å². The second kappa shape index (κ2) is 9.18. The van der Waals surface area contributed by atoms with Crippen molar-refractivity contribution >= 4 is 20.0 Å². The summed E-state index contributed by atoms with van der Waals surface area (Å²) in [6.07, 6.45) is 3.10. The van der Waals surface area contributed by atoms with Crippen molar-refractivity contribution in [3.8, 4) is 0 Å². The SMILES string of the molecule is CCCCc1ccc(S(=O)(=O)N2CCN(S(=O)(=O)c3ccc(C)cc3C)CC2)cc1. The van der Waals surface area contributed by atoms with Crippen molar-refractivity contribution in [2.45, 2.75) is 49.8 Å². The molecule has 8 heteroatoms. The maximum absolute atomic E-state index is 13.0. The third-order valence-corrected chi connectivity index (χ3v) is 9.50. The van der Waals surface area contributed by atoms with E-state index in [0.29, 0.717) is 5.56 Å². The smallest absolute Gasteiger partial charge is 0.207 e. The van der Waals surface area contributed by atoms with Gasteiger partial charge in [0.25, 0.3) is 0 Å². The van der Waals surface area contributed by atoms with Crippen molar-refractivity contribution in [3.05, 3.63) is 59.2 Å². The Bertz CT molecular complexity index is 1090. The third-order valence-electron chi connectivity index (χ3n) is 5.53. The zero-order chi connectivity index (χ0) is 21.9. The van der Waals surface area contributed by atoms with E-state index in [4.69, 9.17) is 0 Å². The van der Waals surface area contributed by atoms with Gasteiger partial charge in [-0.1, -0.05) is 43.2 Å². The van der Waals surface area contributed by atoms with E-state index in [2.05, 4.69) is 6.92 Å². The lowest BCUT2D eigenvalue weighted by molar-refractivity contribution is 0.272. The number of nitrogens with zero attached hydrogens (tertiary/aromatic N) is 2. The summed E-state index contributed by atoms with van der Waals surface area (Å²) >= 11 is 0. The van der Waals surface area contributed by atoms with Gasteiger partial charge in [-0.15, -0.1) is 0 Å².